The molecule has 0 aliphatic carbocycles. The first-order chi connectivity index (χ1) is 11.8. The first-order valence-corrected chi connectivity index (χ1v) is 9.38. The van der Waals surface area contributed by atoms with Gasteiger partial charge in [-0.15, -0.1) is 0 Å². The van der Waals surface area contributed by atoms with E-state index in [4.69, 9.17) is 0 Å². The van der Waals surface area contributed by atoms with Crippen LogP contribution in [0, 0.1) is 0 Å². The average Bonchev–Trinajstić information content (AvgIpc) is 3.34. The van der Waals surface area contributed by atoms with Gasteiger partial charge in [-0.05, 0) is 56.8 Å². The van der Waals surface area contributed by atoms with Gasteiger partial charge in [0.15, 0.2) is 0 Å². The molecule has 2 fully saturated rings. The number of fused-ring (bicyclic) bond motifs is 1. The number of carbonyl (C=O) groups is 1. The lowest BCUT2D eigenvalue weighted by atomic mass is 10.1. The number of aromatic amines is 1. The van der Waals surface area contributed by atoms with Crippen LogP contribution in [-0.2, 0) is 11.2 Å². The van der Waals surface area contributed by atoms with Crippen molar-refractivity contribution in [3.63, 3.8) is 0 Å². The van der Waals surface area contributed by atoms with E-state index >= 15 is 0 Å². The van der Waals surface area contributed by atoms with Gasteiger partial charge >= 0.3 is 0 Å². The number of hydrogen-bond donors (Lipinski definition) is 1. The molecular weight excluding hydrogens is 298 g/mol. The van der Waals surface area contributed by atoms with Gasteiger partial charge in [-0.25, -0.2) is 0 Å². The highest BCUT2D eigenvalue weighted by Gasteiger charge is 2.30. The van der Waals surface area contributed by atoms with E-state index in [1.165, 1.54) is 43.3 Å². The van der Waals surface area contributed by atoms with Crippen molar-refractivity contribution in [2.24, 2.45) is 0 Å². The van der Waals surface area contributed by atoms with Crippen molar-refractivity contribution in [2.45, 2.75) is 44.6 Å². The molecule has 1 amide bonds. The Morgan fingerprint density at radius 1 is 1.12 bits per heavy atom. The smallest absolute Gasteiger partial charge is 0.223 e. The van der Waals surface area contributed by atoms with Gasteiger partial charge in [0.2, 0.25) is 5.91 Å². The van der Waals surface area contributed by atoms with Crippen LogP contribution >= 0.6 is 0 Å². The first kappa shape index (κ1) is 15.7. The number of likely N-dealkylation sites (tertiary alicyclic amines) is 2. The van der Waals surface area contributed by atoms with E-state index in [1.807, 2.05) is 6.07 Å². The van der Waals surface area contributed by atoms with Crippen LogP contribution in [-0.4, -0.2) is 52.9 Å². The molecular formula is C20H27N3O. The number of nitrogens with one attached hydrogen (secondary N) is 1. The van der Waals surface area contributed by atoms with Gasteiger partial charge in [0.1, 0.15) is 0 Å². The number of aromatic nitrogens is 1. The largest absolute Gasteiger partial charge is 0.361 e. The molecule has 2 saturated heterocycles. The van der Waals surface area contributed by atoms with Crippen LogP contribution in [0.3, 0.4) is 0 Å². The van der Waals surface area contributed by atoms with Crippen LogP contribution in [0.2, 0.25) is 0 Å². The number of para-hydroxylation sites is 1. The van der Waals surface area contributed by atoms with E-state index in [9.17, 15) is 4.79 Å². The molecule has 0 saturated carbocycles. The normalized spacial score (nSPS) is 21.8. The van der Waals surface area contributed by atoms with E-state index in [0.29, 0.717) is 18.4 Å². The third kappa shape index (κ3) is 3.20. The molecule has 0 spiro atoms. The Morgan fingerprint density at radius 3 is 2.83 bits per heavy atom. The fraction of sp³-hybridized carbons (Fsp3) is 0.550. The minimum atomic E-state index is 0.335. The maximum Gasteiger partial charge on any atom is 0.223 e. The zero-order chi connectivity index (χ0) is 16.4. The molecule has 1 N–H and O–H groups in total. The standard InChI is InChI=1S/C20H27N3O/c24-20(10-9-16-14-21-19-8-2-1-7-18(16)19)23-13-5-6-17(23)15-22-11-3-4-12-22/h1-2,7-8,14,17,21H,3-6,9-13,15H2/t17-/m0/s1. The monoisotopic (exact) mass is 325 g/mol. The summed E-state index contributed by atoms with van der Waals surface area (Å²) in [6, 6.07) is 8.78. The molecule has 4 rings (SSSR count). The van der Waals surface area contributed by atoms with Crippen molar-refractivity contribution in [2.75, 3.05) is 26.2 Å². The maximum absolute atomic E-state index is 12.8. The molecule has 2 aliphatic rings. The quantitative estimate of drug-likeness (QED) is 0.917. The van der Waals surface area contributed by atoms with E-state index in [-0.39, 0.29) is 0 Å². The Bertz CT molecular complexity index is 702. The van der Waals surface area contributed by atoms with Crippen molar-refractivity contribution in [1.29, 1.82) is 0 Å². The van der Waals surface area contributed by atoms with Gasteiger partial charge in [-0.2, -0.15) is 0 Å². The molecule has 1 aromatic heterocycles. The highest BCUT2D eigenvalue weighted by atomic mass is 16.2. The Morgan fingerprint density at radius 2 is 1.96 bits per heavy atom. The molecule has 0 radical (unpaired) electrons. The highest BCUT2D eigenvalue weighted by Crippen LogP contribution is 2.23. The lowest BCUT2D eigenvalue weighted by Crippen LogP contribution is -2.42. The van der Waals surface area contributed by atoms with Gasteiger partial charge in [-0.1, -0.05) is 18.2 Å². The predicted molar refractivity (Wildman–Crippen MR) is 97.0 cm³/mol. The van der Waals surface area contributed by atoms with Crippen LogP contribution < -0.4 is 0 Å². The van der Waals surface area contributed by atoms with Crippen LogP contribution in [0.1, 0.15) is 37.7 Å². The van der Waals surface area contributed by atoms with Crippen LogP contribution in [0.4, 0.5) is 0 Å². The lowest BCUT2D eigenvalue weighted by Gasteiger charge is -2.28. The second-order valence-electron chi connectivity index (χ2n) is 7.25. The van der Waals surface area contributed by atoms with Gasteiger partial charge in [-0.3, -0.25) is 4.79 Å². The second kappa shape index (κ2) is 6.98. The molecule has 0 unspecified atom stereocenters. The minimum Gasteiger partial charge on any atom is -0.361 e. The zero-order valence-corrected chi connectivity index (χ0v) is 14.3. The Kier molecular flexibility index (Phi) is 4.56. The molecule has 1 aromatic carbocycles. The van der Waals surface area contributed by atoms with Crippen LogP contribution in [0.15, 0.2) is 30.5 Å². The first-order valence-electron chi connectivity index (χ1n) is 9.38. The SMILES string of the molecule is O=C(CCc1c[nH]c2ccccc12)N1CCC[C@H]1CN1CCCC1. The predicted octanol–water partition coefficient (Wildman–Crippen LogP) is 3.19. The number of aryl methyl sites for hydroxylation is 1. The number of rotatable bonds is 5. The Labute approximate surface area is 143 Å². The van der Waals surface area contributed by atoms with E-state index < -0.39 is 0 Å². The van der Waals surface area contributed by atoms with Gasteiger partial charge in [0.25, 0.3) is 0 Å². The van der Waals surface area contributed by atoms with E-state index in [0.717, 1.165) is 31.4 Å². The summed E-state index contributed by atoms with van der Waals surface area (Å²) in [7, 11) is 0. The van der Waals surface area contributed by atoms with Gasteiger partial charge in [0, 0.05) is 42.7 Å². The summed E-state index contributed by atoms with van der Waals surface area (Å²) >= 11 is 0. The summed E-state index contributed by atoms with van der Waals surface area (Å²) < 4.78 is 0. The summed E-state index contributed by atoms with van der Waals surface area (Å²) in [4.78, 5) is 20.8. The fourth-order valence-electron chi connectivity index (χ4n) is 4.34. The number of H-pyrrole nitrogens is 1. The van der Waals surface area contributed by atoms with Crippen LogP contribution in [0.25, 0.3) is 10.9 Å². The summed E-state index contributed by atoms with van der Waals surface area (Å²) in [6.07, 6.45) is 8.49. The Balaban J connectivity index is 1.36. The molecule has 1 atom stereocenters. The number of hydrogen-bond acceptors (Lipinski definition) is 2. The average molecular weight is 325 g/mol. The summed E-state index contributed by atoms with van der Waals surface area (Å²) in [5.41, 5.74) is 2.42. The number of carbonyl (C=O) groups excluding carboxylic acids is 1. The zero-order valence-electron chi connectivity index (χ0n) is 14.3. The third-order valence-corrected chi connectivity index (χ3v) is 5.65. The highest BCUT2D eigenvalue weighted by molar-refractivity contribution is 5.84. The van der Waals surface area contributed by atoms with Crippen LogP contribution in [0.5, 0.6) is 0 Å². The molecule has 128 valence electrons. The molecule has 4 heteroatoms. The minimum absolute atomic E-state index is 0.335. The van der Waals surface area contributed by atoms with Crippen molar-refractivity contribution < 1.29 is 4.79 Å². The summed E-state index contributed by atoms with van der Waals surface area (Å²) in [5, 5.41) is 1.25. The number of amides is 1. The van der Waals surface area contributed by atoms with Gasteiger partial charge in [0.05, 0.1) is 0 Å². The number of benzene rings is 1. The number of nitrogens with zero attached hydrogens (tertiary/aromatic N) is 2. The van der Waals surface area contributed by atoms with Crippen molar-refractivity contribution in [1.82, 2.24) is 14.8 Å². The summed E-state index contributed by atoms with van der Waals surface area (Å²) in [5.74, 6) is 0.335. The van der Waals surface area contributed by atoms with Crippen molar-refractivity contribution >= 4 is 16.8 Å². The lowest BCUT2D eigenvalue weighted by molar-refractivity contribution is -0.132. The topological polar surface area (TPSA) is 39.3 Å². The van der Waals surface area contributed by atoms with Gasteiger partial charge < -0.3 is 14.8 Å². The van der Waals surface area contributed by atoms with Crippen molar-refractivity contribution in [3.8, 4) is 0 Å². The van der Waals surface area contributed by atoms with Crippen molar-refractivity contribution in [3.05, 3.63) is 36.0 Å². The molecule has 4 nitrogen and oxygen atoms in total. The van der Waals surface area contributed by atoms with E-state index in [2.05, 4.69) is 39.2 Å². The molecule has 0 bridgehead atoms. The Hall–Kier alpha value is -1.81. The third-order valence-electron chi connectivity index (χ3n) is 5.65. The van der Waals surface area contributed by atoms with E-state index in [1.54, 1.807) is 0 Å². The molecule has 24 heavy (non-hydrogen) atoms. The molecule has 2 aliphatic heterocycles. The molecule has 2 aromatic rings. The summed E-state index contributed by atoms with van der Waals surface area (Å²) in [6.45, 7) is 4.46. The fourth-order valence-corrected chi connectivity index (χ4v) is 4.34. The second-order valence-corrected chi connectivity index (χ2v) is 7.25. The molecule has 3 heterocycles. The maximum atomic E-state index is 12.8.